The number of carbonyl (C=O) groups excluding carboxylic acids is 1. The monoisotopic (exact) mass is 300 g/mol. The van der Waals surface area contributed by atoms with Crippen LogP contribution in [0.2, 0.25) is 0 Å². The number of carbonyl (C=O) groups is 1. The average Bonchev–Trinajstić information content (AvgIpc) is 3.06. The molecule has 1 saturated heterocycles. The van der Waals surface area contributed by atoms with E-state index in [0.29, 0.717) is 13.2 Å². The molecule has 0 spiro atoms. The van der Waals surface area contributed by atoms with Gasteiger partial charge in [-0.3, -0.25) is 9.78 Å². The molecule has 1 aliphatic heterocycles. The van der Waals surface area contributed by atoms with E-state index in [9.17, 15) is 4.79 Å². The fourth-order valence-corrected chi connectivity index (χ4v) is 2.51. The molecule has 2 aromatic rings. The summed E-state index contributed by atoms with van der Waals surface area (Å²) >= 11 is 0. The van der Waals surface area contributed by atoms with Gasteiger partial charge >= 0.3 is 0 Å². The van der Waals surface area contributed by atoms with Gasteiger partial charge in [0.2, 0.25) is 5.91 Å². The van der Waals surface area contributed by atoms with E-state index in [-0.39, 0.29) is 18.6 Å². The number of pyridine rings is 1. The third-order valence-corrected chi connectivity index (χ3v) is 3.68. The molecule has 116 valence electrons. The second-order valence-electron chi connectivity index (χ2n) is 5.42. The lowest BCUT2D eigenvalue weighted by Gasteiger charge is -2.10. The Morgan fingerprint density at radius 1 is 1.32 bits per heavy atom. The maximum absolute atomic E-state index is 11.7. The van der Waals surface area contributed by atoms with Crippen LogP contribution in [0, 0.1) is 0 Å². The van der Waals surface area contributed by atoms with Crippen LogP contribution < -0.4 is 5.32 Å². The molecule has 5 nitrogen and oxygen atoms in total. The van der Waals surface area contributed by atoms with Crippen molar-refractivity contribution in [1.29, 1.82) is 0 Å². The molecule has 2 heterocycles. The van der Waals surface area contributed by atoms with E-state index in [0.717, 1.165) is 36.0 Å². The SMILES string of the molecule is O=C(COCC1CCCO1)NCc1ccc2ccccc2n1. The van der Waals surface area contributed by atoms with Crippen LogP contribution in [0.1, 0.15) is 18.5 Å². The lowest BCUT2D eigenvalue weighted by atomic mass is 10.2. The number of rotatable bonds is 6. The van der Waals surface area contributed by atoms with Gasteiger partial charge in [-0.1, -0.05) is 24.3 Å². The number of aromatic nitrogens is 1. The Hall–Kier alpha value is -1.98. The lowest BCUT2D eigenvalue weighted by Crippen LogP contribution is -2.29. The van der Waals surface area contributed by atoms with Crippen molar-refractivity contribution in [3.63, 3.8) is 0 Å². The van der Waals surface area contributed by atoms with Crippen LogP contribution in [0.25, 0.3) is 10.9 Å². The summed E-state index contributed by atoms with van der Waals surface area (Å²) in [5, 5.41) is 3.92. The van der Waals surface area contributed by atoms with Crippen LogP contribution in [-0.2, 0) is 20.8 Å². The van der Waals surface area contributed by atoms with E-state index in [4.69, 9.17) is 9.47 Å². The maximum Gasteiger partial charge on any atom is 0.246 e. The van der Waals surface area contributed by atoms with Gasteiger partial charge in [-0.25, -0.2) is 0 Å². The molecular weight excluding hydrogens is 280 g/mol. The quantitative estimate of drug-likeness (QED) is 0.887. The molecular formula is C17H20N2O3. The molecule has 1 aliphatic rings. The Morgan fingerprint density at radius 2 is 2.23 bits per heavy atom. The topological polar surface area (TPSA) is 60.5 Å². The largest absolute Gasteiger partial charge is 0.376 e. The predicted molar refractivity (Wildman–Crippen MR) is 83.4 cm³/mol. The lowest BCUT2D eigenvalue weighted by molar-refractivity contribution is -0.127. The molecule has 0 saturated carbocycles. The van der Waals surface area contributed by atoms with E-state index < -0.39 is 0 Å². The molecule has 3 rings (SSSR count). The molecule has 1 fully saturated rings. The van der Waals surface area contributed by atoms with E-state index in [1.165, 1.54) is 0 Å². The molecule has 1 aromatic heterocycles. The number of benzene rings is 1. The molecule has 1 atom stereocenters. The zero-order valence-corrected chi connectivity index (χ0v) is 12.5. The van der Waals surface area contributed by atoms with Crippen molar-refractivity contribution in [3.8, 4) is 0 Å². The minimum atomic E-state index is -0.132. The standard InChI is InChI=1S/C17H20N2O3/c20-17(12-21-11-15-5-3-9-22-15)18-10-14-8-7-13-4-1-2-6-16(13)19-14/h1-2,4,6-8,15H,3,5,9-12H2,(H,18,20). The normalized spacial score (nSPS) is 17.7. The predicted octanol–water partition coefficient (Wildman–Crippen LogP) is 2.05. The van der Waals surface area contributed by atoms with Gasteiger partial charge in [0.05, 0.1) is 30.5 Å². The highest BCUT2D eigenvalue weighted by molar-refractivity contribution is 5.79. The fraction of sp³-hybridized carbons (Fsp3) is 0.412. The van der Waals surface area contributed by atoms with E-state index in [1.54, 1.807) is 0 Å². The molecule has 1 N–H and O–H groups in total. The highest BCUT2D eigenvalue weighted by Crippen LogP contribution is 2.12. The minimum absolute atomic E-state index is 0.0629. The molecule has 5 heteroatoms. The molecule has 22 heavy (non-hydrogen) atoms. The summed E-state index contributed by atoms with van der Waals surface area (Å²) in [6.45, 7) is 1.76. The van der Waals surface area contributed by atoms with E-state index >= 15 is 0 Å². The Balaban J connectivity index is 1.43. The third kappa shape index (κ3) is 4.02. The van der Waals surface area contributed by atoms with Crippen molar-refractivity contribution in [2.45, 2.75) is 25.5 Å². The first-order chi connectivity index (χ1) is 10.8. The summed E-state index contributed by atoms with van der Waals surface area (Å²) in [5.74, 6) is -0.132. The van der Waals surface area contributed by atoms with Crippen molar-refractivity contribution in [1.82, 2.24) is 10.3 Å². The minimum Gasteiger partial charge on any atom is -0.376 e. The molecule has 0 bridgehead atoms. The number of ether oxygens (including phenoxy) is 2. The van der Waals surface area contributed by atoms with Gasteiger partial charge in [-0.2, -0.15) is 0 Å². The van der Waals surface area contributed by atoms with Gasteiger partial charge in [0.15, 0.2) is 0 Å². The number of hydrogen-bond acceptors (Lipinski definition) is 4. The van der Waals surface area contributed by atoms with Crippen LogP contribution in [0.15, 0.2) is 36.4 Å². The van der Waals surface area contributed by atoms with Crippen molar-refractivity contribution in [2.75, 3.05) is 19.8 Å². The molecule has 0 radical (unpaired) electrons. The average molecular weight is 300 g/mol. The number of nitrogens with one attached hydrogen (secondary N) is 1. The Labute approximate surface area is 129 Å². The summed E-state index contributed by atoms with van der Waals surface area (Å²) in [6, 6.07) is 11.9. The number of hydrogen-bond donors (Lipinski definition) is 1. The summed E-state index contributed by atoms with van der Waals surface area (Å²) in [4.78, 5) is 16.3. The van der Waals surface area contributed by atoms with Gasteiger partial charge in [0.25, 0.3) is 0 Å². The highest BCUT2D eigenvalue weighted by atomic mass is 16.5. The zero-order chi connectivity index (χ0) is 15.2. The summed E-state index contributed by atoms with van der Waals surface area (Å²) in [5.41, 5.74) is 1.77. The number of nitrogens with zero attached hydrogens (tertiary/aromatic N) is 1. The summed E-state index contributed by atoms with van der Waals surface area (Å²) in [6.07, 6.45) is 2.24. The Kier molecular flexibility index (Phi) is 4.98. The molecule has 0 aliphatic carbocycles. The van der Waals surface area contributed by atoms with Crippen LogP contribution in [0.4, 0.5) is 0 Å². The number of para-hydroxylation sites is 1. The van der Waals surface area contributed by atoms with Crippen molar-refractivity contribution >= 4 is 16.8 Å². The maximum atomic E-state index is 11.7. The van der Waals surface area contributed by atoms with Crippen LogP contribution in [0.3, 0.4) is 0 Å². The summed E-state index contributed by atoms with van der Waals surface area (Å²) < 4.78 is 10.8. The van der Waals surface area contributed by atoms with Gasteiger partial charge in [0.1, 0.15) is 6.61 Å². The van der Waals surface area contributed by atoms with Gasteiger partial charge < -0.3 is 14.8 Å². The zero-order valence-electron chi connectivity index (χ0n) is 12.5. The smallest absolute Gasteiger partial charge is 0.246 e. The van der Waals surface area contributed by atoms with Crippen LogP contribution in [0.5, 0.6) is 0 Å². The molecule has 1 aromatic carbocycles. The van der Waals surface area contributed by atoms with E-state index in [2.05, 4.69) is 10.3 Å². The molecule has 1 unspecified atom stereocenters. The van der Waals surface area contributed by atoms with Gasteiger partial charge in [-0.05, 0) is 25.0 Å². The fourth-order valence-electron chi connectivity index (χ4n) is 2.51. The third-order valence-electron chi connectivity index (χ3n) is 3.68. The Morgan fingerprint density at radius 3 is 3.09 bits per heavy atom. The van der Waals surface area contributed by atoms with Crippen molar-refractivity contribution < 1.29 is 14.3 Å². The second-order valence-corrected chi connectivity index (χ2v) is 5.42. The number of fused-ring (bicyclic) bond motifs is 1. The molecule has 1 amide bonds. The van der Waals surface area contributed by atoms with Crippen LogP contribution in [-0.4, -0.2) is 36.8 Å². The van der Waals surface area contributed by atoms with Gasteiger partial charge in [-0.15, -0.1) is 0 Å². The number of amides is 1. The highest BCUT2D eigenvalue weighted by Gasteiger charge is 2.15. The first-order valence-electron chi connectivity index (χ1n) is 7.62. The first kappa shape index (κ1) is 14.9. The van der Waals surface area contributed by atoms with Crippen molar-refractivity contribution in [2.24, 2.45) is 0 Å². The second kappa shape index (κ2) is 7.33. The van der Waals surface area contributed by atoms with E-state index in [1.807, 2.05) is 36.4 Å². The van der Waals surface area contributed by atoms with Gasteiger partial charge in [0, 0.05) is 12.0 Å². The van der Waals surface area contributed by atoms with Crippen molar-refractivity contribution in [3.05, 3.63) is 42.1 Å². The summed E-state index contributed by atoms with van der Waals surface area (Å²) in [7, 11) is 0. The first-order valence-corrected chi connectivity index (χ1v) is 7.62. The Bertz CT molecular complexity index is 639. The van der Waals surface area contributed by atoms with Crippen LogP contribution >= 0.6 is 0 Å².